The Labute approximate surface area is 238 Å². The molecular formula is C32H39F3N2O4. The molecule has 1 aliphatic heterocycles. The van der Waals surface area contributed by atoms with Crippen LogP contribution in [-0.4, -0.2) is 52.9 Å². The zero-order valence-corrected chi connectivity index (χ0v) is 23.4. The van der Waals surface area contributed by atoms with Gasteiger partial charge in [-0.2, -0.15) is 13.2 Å². The molecule has 0 spiro atoms. The van der Waals surface area contributed by atoms with Crippen molar-refractivity contribution in [3.63, 3.8) is 0 Å². The van der Waals surface area contributed by atoms with Crippen LogP contribution in [0.25, 0.3) is 0 Å². The lowest BCUT2D eigenvalue weighted by atomic mass is 9.54. The van der Waals surface area contributed by atoms with Crippen molar-refractivity contribution in [1.29, 1.82) is 0 Å². The SMILES string of the molecule is C[C@]12C[C@H](Oc3ccc(NC(=O)CN4CCCCC4)c(C(F)(F)F)c3)[C@@H]3c4ccc(O)cc4CC[C@H]3[C@@H]1CC[C@@H]2O. The predicted octanol–water partition coefficient (Wildman–Crippen LogP) is 6.11. The molecule has 6 atom stereocenters. The third kappa shape index (κ3) is 5.43. The second-order valence-electron chi connectivity index (χ2n) is 12.8. The lowest BCUT2D eigenvalue weighted by Gasteiger charge is -2.53. The number of rotatable bonds is 5. The number of ether oxygens (including phenoxy) is 1. The molecular weight excluding hydrogens is 533 g/mol. The Morgan fingerprint density at radius 1 is 1.10 bits per heavy atom. The van der Waals surface area contributed by atoms with E-state index in [0.29, 0.717) is 18.8 Å². The number of alkyl halides is 3. The van der Waals surface area contributed by atoms with E-state index in [1.54, 1.807) is 12.1 Å². The van der Waals surface area contributed by atoms with Crippen molar-refractivity contribution in [2.24, 2.45) is 17.3 Å². The number of hydrogen-bond acceptors (Lipinski definition) is 5. The number of phenolic OH excluding ortho intramolecular Hbond substituents is 1. The third-order valence-electron chi connectivity index (χ3n) is 10.3. The highest BCUT2D eigenvalue weighted by molar-refractivity contribution is 5.93. The minimum Gasteiger partial charge on any atom is -0.508 e. The van der Waals surface area contributed by atoms with Crippen LogP contribution in [0.1, 0.15) is 74.5 Å². The number of benzene rings is 2. The van der Waals surface area contributed by atoms with Gasteiger partial charge in [-0.3, -0.25) is 9.69 Å². The Bertz CT molecular complexity index is 1290. The van der Waals surface area contributed by atoms with Gasteiger partial charge in [-0.05, 0) is 111 Å². The summed E-state index contributed by atoms with van der Waals surface area (Å²) in [7, 11) is 0. The number of aliphatic hydroxyl groups excluding tert-OH is 1. The number of fused-ring (bicyclic) bond motifs is 5. The van der Waals surface area contributed by atoms with Crippen LogP contribution < -0.4 is 10.1 Å². The molecule has 2 saturated carbocycles. The van der Waals surface area contributed by atoms with Gasteiger partial charge in [0, 0.05) is 11.3 Å². The lowest BCUT2D eigenvalue weighted by Crippen LogP contribution is -2.51. The van der Waals surface area contributed by atoms with Crippen LogP contribution in [0.2, 0.25) is 0 Å². The smallest absolute Gasteiger partial charge is 0.418 e. The summed E-state index contributed by atoms with van der Waals surface area (Å²) in [4.78, 5) is 14.6. The van der Waals surface area contributed by atoms with Crippen LogP contribution in [0.15, 0.2) is 36.4 Å². The normalized spacial score (nSPS) is 31.6. The molecule has 6 rings (SSSR count). The summed E-state index contributed by atoms with van der Waals surface area (Å²) in [5.41, 5.74) is 0.531. The quantitative estimate of drug-likeness (QED) is 0.403. The average molecular weight is 573 g/mol. The molecule has 2 aromatic carbocycles. The maximum atomic E-state index is 14.2. The van der Waals surface area contributed by atoms with Gasteiger partial charge in [0.15, 0.2) is 0 Å². The number of aromatic hydroxyl groups is 1. The number of nitrogens with one attached hydrogen (secondary N) is 1. The Morgan fingerprint density at radius 2 is 1.88 bits per heavy atom. The number of carbonyl (C=O) groups excluding carboxylic acids is 1. The summed E-state index contributed by atoms with van der Waals surface area (Å²) in [6, 6.07) is 9.15. The number of hydrogen-bond donors (Lipinski definition) is 3. The molecule has 1 amide bonds. The van der Waals surface area contributed by atoms with Crippen LogP contribution >= 0.6 is 0 Å². The Balaban J connectivity index is 1.29. The number of piperidine rings is 1. The minimum atomic E-state index is -4.68. The Hall–Kier alpha value is -2.78. The molecule has 0 unspecified atom stereocenters. The highest BCUT2D eigenvalue weighted by atomic mass is 19.4. The zero-order chi connectivity index (χ0) is 28.9. The second-order valence-corrected chi connectivity index (χ2v) is 12.8. The zero-order valence-electron chi connectivity index (χ0n) is 23.4. The van der Waals surface area contributed by atoms with Gasteiger partial charge in [0.2, 0.25) is 5.91 Å². The maximum Gasteiger partial charge on any atom is 0.418 e. The van der Waals surface area contributed by atoms with E-state index in [1.807, 2.05) is 11.0 Å². The van der Waals surface area contributed by atoms with E-state index in [1.165, 1.54) is 12.1 Å². The van der Waals surface area contributed by atoms with Crippen molar-refractivity contribution >= 4 is 11.6 Å². The number of aryl methyl sites for hydroxylation is 1. The number of anilines is 1. The van der Waals surface area contributed by atoms with E-state index >= 15 is 0 Å². The van der Waals surface area contributed by atoms with E-state index in [9.17, 15) is 28.2 Å². The third-order valence-corrected chi connectivity index (χ3v) is 10.3. The molecule has 1 saturated heterocycles. The molecule has 0 aromatic heterocycles. The number of carbonyl (C=O) groups is 1. The Kier molecular flexibility index (Phi) is 7.47. The Morgan fingerprint density at radius 3 is 2.63 bits per heavy atom. The van der Waals surface area contributed by atoms with Crippen LogP contribution in [0.4, 0.5) is 18.9 Å². The molecule has 4 aliphatic rings. The van der Waals surface area contributed by atoms with E-state index in [0.717, 1.165) is 68.8 Å². The monoisotopic (exact) mass is 572 g/mol. The molecule has 3 aliphatic carbocycles. The number of halogens is 3. The fourth-order valence-corrected chi connectivity index (χ4v) is 8.33. The summed E-state index contributed by atoms with van der Waals surface area (Å²) in [5, 5.41) is 23.6. The first-order chi connectivity index (χ1) is 19.5. The molecule has 222 valence electrons. The van der Waals surface area contributed by atoms with E-state index < -0.39 is 29.9 Å². The summed E-state index contributed by atoms with van der Waals surface area (Å²) in [6.45, 7) is 3.70. The summed E-state index contributed by atoms with van der Waals surface area (Å²) < 4.78 is 49.2. The summed E-state index contributed by atoms with van der Waals surface area (Å²) in [5.74, 6) is 0.300. The fourth-order valence-electron chi connectivity index (χ4n) is 8.33. The van der Waals surface area contributed by atoms with Gasteiger partial charge in [0.05, 0.1) is 23.9 Å². The maximum absolute atomic E-state index is 14.2. The second kappa shape index (κ2) is 10.8. The van der Waals surface area contributed by atoms with Gasteiger partial charge in [-0.15, -0.1) is 0 Å². The van der Waals surface area contributed by atoms with Gasteiger partial charge >= 0.3 is 6.18 Å². The molecule has 0 radical (unpaired) electrons. The first-order valence-electron chi connectivity index (χ1n) is 14.9. The van der Waals surface area contributed by atoms with Crippen LogP contribution in [0.3, 0.4) is 0 Å². The fraction of sp³-hybridized carbons (Fsp3) is 0.594. The highest BCUT2D eigenvalue weighted by Crippen LogP contribution is 2.61. The molecule has 41 heavy (non-hydrogen) atoms. The number of aliphatic hydroxyl groups is 1. The number of nitrogens with zero attached hydrogens (tertiary/aromatic N) is 1. The standard InChI is InChI=1S/C32H39F3N2O4/c1-31-17-27(30-22-9-6-20(38)15-19(22)5-8-23(30)24(31)10-12-28(31)39)41-21-7-11-26(25(16-21)32(33,34)35)36-29(40)18-37-13-3-2-4-14-37/h6-7,9,11,15-16,23-24,27-28,30,38-39H,2-5,8,10,12-14,17-18H2,1H3,(H,36,40)/t23-,24-,27-,28-,30+,31-/m0/s1. The van der Waals surface area contributed by atoms with Crippen molar-refractivity contribution in [3.05, 3.63) is 53.1 Å². The lowest BCUT2D eigenvalue weighted by molar-refractivity contribution is -0.137. The number of amides is 1. The van der Waals surface area contributed by atoms with Crippen molar-refractivity contribution < 1.29 is 32.9 Å². The van der Waals surface area contributed by atoms with Gasteiger partial charge in [-0.25, -0.2) is 0 Å². The van der Waals surface area contributed by atoms with Crippen molar-refractivity contribution in [3.8, 4) is 11.5 Å². The summed E-state index contributed by atoms with van der Waals surface area (Å²) in [6.07, 6.45) is 1.30. The highest BCUT2D eigenvalue weighted by Gasteiger charge is 2.58. The van der Waals surface area contributed by atoms with E-state index in [-0.39, 0.29) is 41.0 Å². The van der Waals surface area contributed by atoms with Crippen molar-refractivity contribution in [1.82, 2.24) is 4.90 Å². The first kappa shape index (κ1) is 28.3. The van der Waals surface area contributed by atoms with Gasteiger partial charge < -0.3 is 20.3 Å². The minimum absolute atomic E-state index is 0.0546. The van der Waals surface area contributed by atoms with Crippen molar-refractivity contribution in [2.45, 2.75) is 82.6 Å². The van der Waals surface area contributed by atoms with Gasteiger partial charge in [-0.1, -0.05) is 19.4 Å². The van der Waals surface area contributed by atoms with Gasteiger partial charge in [0.1, 0.15) is 17.6 Å². The number of likely N-dealkylation sites (tertiary alicyclic amines) is 1. The molecule has 9 heteroatoms. The van der Waals surface area contributed by atoms with Crippen molar-refractivity contribution in [2.75, 3.05) is 25.0 Å². The molecule has 1 heterocycles. The van der Waals surface area contributed by atoms with E-state index in [2.05, 4.69) is 12.2 Å². The molecule has 2 aromatic rings. The van der Waals surface area contributed by atoms with Crippen LogP contribution in [0, 0.1) is 17.3 Å². The molecule has 3 N–H and O–H groups in total. The predicted molar refractivity (Wildman–Crippen MR) is 149 cm³/mol. The average Bonchev–Trinajstić information content (AvgIpc) is 3.22. The topological polar surface area (TPSA) is 82.0 Å². The molecule has 6 nitrogen and oxygen atoms in total. The molecule has 3 fully saturated rings. The van der Waals surface area contributed by atoms with Gasteiger partial charge in [0.25, 0.3) is 0 Å². The molecule has 0 bridgehead atoms. The van der Waals surface area contributed by atoms with E-state index in [4.69, 9.17) is 4.74 Å². The van der Waals surface area contributed by atoms with Crippen LogP contribution in [-0.2, 0) is 17.4 Å². The summed E-state index contributed by atoms with van der Waals surface area (Å²) >= 11 is 0. The first-order valence-corrected chi connectivity index (χ1v) is 14.9. The van der Waals surface area contributed by atoms with Crippen LogP contribution in [0.5, 0.6) is 11.5 Å². The largest absolute Gasteiger partial charge is 0.508 e. The number of phenols is 1.